The Morgan fingerprint density at radius 2 is 1.25 bits per heavy atom. The van der Waals surface area contributed by atoms with Crippen LogP contribution in [0.5, 0.6) is 0 Å². The summed E-state index contributed by atoms with van der Waals surface area (Å²) in [5, 5.41) is 0. The SMILES string of the molecule is CCCCCCCCCCC(C)C(F)(F)F. The summed E-state index contributed by atoms with van der Waals surface area (Å²) in [7, 11) is 0. The van der Waals surface area contributed by atoms with Gasteiger partial charge in [-0.25, -0.2) is 0 Å². The van der Waals surface area contributed by atoms with E-state index in [1.807, 2.05) is 0 Å². The third-order valence-corrected chi connectivity index (χ3v) is 3.05. The molecule has 1 unspecified atom stereocenters. The Morgan fingerprint density at radius 3 is 1.69 bits per heavy atom. The van der Waals surface area contributed by atoms with Gasteiger partial charge in [0, 0.05) is 0 Å². The first-order valence-electron chi connectivity index (χ1n) is 6.55. The van der Waals surface area contributed by atoms with Crippen LogP contribution >= 0.6 is 0 Å². The topological polar surface area (TPSA) is 0 Å². The maximum absolute atomic E-state index is 12.2. The normalized spacial score (nSPS) is 14.1. The number of unbranched alkanes of at least 4 members (excludes halogenated alkanes) is 7. The predicted molar refractivity (Wildman–Crippen MR) is 62.4 cm³/mol. The predicted octanol–water partition coefficient (Wildman–Crippen LogP) is 5.72. The zero-order valence-electron chi connectivity index (χ0n) is 10.6. The number of halogens is 3. The molecule has 0 aliphatic carbocycles. The summed E-state index contributed by atoms with van der Waals surface area (Å²) in [6, 6.07) is 0. The molecule has 0 saturated carbocycles. The van der Waals surface area contributed by atoms with Gasteiger partial charge in [-0.2, -0.15) is 13.2 Å². The van der Waals surface area contributed by atoms with Crippen molar-refractivity contribution < 1.29 is 13.2 Å². The Hall–Kier alpha value is -0.210. The molecule has 0 aromatic carbocycles. The van der Waals surface area contributed by atoms with E-state index in [2.05, 4.69) is 6.92 Å². The van der Waals surface area contributed by atoms with Gasteiger partial charge in [0.05, 0.1) is 5.92 Å². The first-order chi connectivity index (χ1) is 7.48. The van der Waals surface area contributed by atoms with Gasteiger partial charge < -0.3 is 0 Å². The van der Waals surface area contributed by atoms with Crippen molar-refractivity contribution in [2.75, 3.05) is 0 Å². The first kappa shape index (κ1) is 15.8. The molecule has 0 aromatic rings. The zero-order chi connectivity index (χ0) is 12.4. The summed E-state index contributed by atoms with van der Waals surface area (Å²) in [5.41, 5.74) is 0. The van der Waals surface area contributed by atoms with Gasteiger partial charge in [-0.3, -0.25) is 0 Å². The molecule has 0 bridgehead atoms. The van der Waals surface area contributed by atoms with Crippen molar-refractivity contribution in [1.82, 2.24) is 0 Å². The quantitative estimate of drug-likeness (QED) is 0.451. The highest BCUT2D eigenvalue weighted by Crippen LogP contribution is 2.29. The van der Waals surface area contributed by atoms with E-state index < -0.39 is 12.1 Å². The molecular formula is C13H25F3. The van der Waals surface area contributed by atoms with Crippen LogP contribution in [-0.2, 0) is 0 Å². The van der Waals surface area contributed by atoms with E-state index >= 15 is 0 Å². The summed E-state index contributed by atoms with van der Waals surface area (Å²) in [6.07, 6.45) is 5.27. The molecule has 0 aliphatic heterocycles. The van der Waals surface area contributed by atoms with Crippen LogP contribution in [0.15, 0.2) is 0 Å². The van der Waals surface area contributed by atoms with Gasteiger partial charge >= 0.3 is 6.18 Å². The minimum atomic E-state index is -4.00. The molecule has 98 valence electrons. The Kier molecular flexibility index (Phi) is 8.77. The number of hydrogen-bond acceptors (Lipinski definition) is 0. The highest BCUT2D eigenvalue weighted by Gasteiger charge is 2.34. The molecule has 0 radical (unpaired) electrons. The molecule has 0 fully saturated rings. The van der Waals surface area contributed by atoms with Crippen molar-refractivity contribution in [3.63, 3.8) is 0 Å². The lowest BCUT2D eigenvalue weighted by Gasteiger charge is -2.14. The number of alkyl halides is 3. The van der Waals surface area contributed by atoms with Crippen LogP contribution in [0.1, 0.15) is 71.6 Å². The van der Waals surface area contributed by atoms with Crippen LogP contribution in [0.2, 0.25) is 0 Å². The van der Waals surface area contributed by atoms with Crippen molar-refractivity contribution in [2.45, 2.75) is 77.8 Å². The average molecular weight is 238 g/mol. The van der Waals surface area contributed by atoms with E-state index in [1.54, 1.807) is 0 Å². The Labute approximate surface area is 97.6 Å². The highest BCUT2D eigenvalue weighted by atomic mass is 19.4. The molecule has 16 heavy (non-hydrogen) atoms. The lowest BCUT2D eigenvalue weighted by atomic mass is 10.0. The molecule has 0 amide bonds. The molecule has 0 aliphatic rings. The first-order valence-corrected chi connectivity index (χ1v) is 6.55. The van der Waals surface area contributed by atoms with E-state index in [0.29, 0.717) is 12.8 Å². The minimum Gasteiger partial charge on any atom is -0.171 e. The van der Waals surface area contributed by atoms with Crippen LogP contribution in [0.25, 0.3) is 0 Å². The average Bonchev–Trinajstić information content (AvgIpc) is 2.20. The third kappa shape index (κ3) is 9.05. The Balaban J connectivity index is 3.21. The Morgan fingerprint density at radius 1 is 0.812 bits per heavy atom. The Bertz CT molecular complexity index is 152. The van der Waals surface area contributed by atoms with Gasteiger partial charge in [-0.1, -0.05) is 65.2 Å². The largest absolute Gasteiger partial charge is 0.391 e. The van der Waals surface area contributed by atoms with Crippen LogP contribution in [0.4, 0.5) is 13.2 Å². The molecule has 1 atom stereocenters. The smallest absolute Gasteiger partial charge is 0.171 e. The maximum atomic E-state index is 12.2. The summed E-state index contributed by atoms with van der Waals surface area (Å²) in [6.45, 7) is 3.46. The monoisotopic (exact) mass is 238 g/mol. The van der Waals surface area contributed by atoms with Gasteiger partial charge in [0.2, 0.25) is 0 Å². The van der Waals surface area contributed by atoms with Crippen LogP contribution < -0.4 is 0 Å². The molecule has 3 heteroatoms. The number of rotatable bonds is 9. The molecule has 0 aromatic heterocycles. The fourth-order valence-corrected chi connectivity index (χ4v) is 1.75. The van der Waals surface area contributed by atoms with Gasteiger partial charge in [-0.15, -0.1) is 0 Å². The lowest BCUT2D eigenvalue weighted by Crippen LogP contribution is -2.19. The van der Waals surface area contributed by atoms with Crippen molar-refractivity contribution in [3.8, 4) is 0 Å². The fourth-order valence-electron chi connectivity index (χ4n) is 1.75. The summed E-state index contributed by atoms with van der Waals surface area (Å²) < 4.78 is 36.5. The molecule has 0 spiro atoms. The van der Waals surface area contributed by atoms with E-state index in [4.69, 9.17) is 0 Å². The van der Waals surface area contributed by atoms with E-state index in [-0.39, 0.29) is 0 Å². The second-order valence-electron chi connectivity index (χ2n) is 4.71. The van der Waals surface area contributed by atoms with Crippen LogP contribution in [0, 0.1) is 5.92 Å². The molecule has 0 N–H and O–H groups in total. The second-order valence-corrected chi connectivity index (χ2v) is 4.71. The summed E-state index contributed by atoms with van der Waals surface area (Å²) in [5.74, 6) is -1.13. The zero-order valence-corrected chi connectivity index (χ0v) is 10.6. The lowest BCUT2D eigenvalue weighted by molar-refractivity contribution is -0.171. The molecule has 0 heterocycles. The summed E-state index contributed by atoms with van der Waals surface area (Å²) in [4.78, 5) is 0. The number of hydrogen-bond donors (Lipinski definition) is 0. The van der Waals surface area contributed by atoms with Crippen LogP contribution in [-0.4, -0.2) is 6.18 Å². The van der Waals surface area contributed by atoms with Crippen LogP contribution in [0.3, 0.4) is 0 Å². The molecule has 0 nitrogen and oxygen atoms in total. The van der Waals surface area contributed by atoms with Gasteiger partial charge in [0.1, 0.15) is 0 Å². The van der Waals surface area contributed by atoms with Crippen molar-refractivity contribution in [2.24, 2.45) is 5.92 Å². The second kappa shape index (κ2) is 8.89. The minimum absolute atomic E-state index is 0.290. The van der Waals surface area contributed by atoms with Crippen molar-refractivity contribution in [3.05, 3.63) is 0 Å². The standard InChI is InChI=1S/C13H25F3/c1-3-4-5-6-7-8-9-10-11-12(2)13(14,15)16/h12H,3-11H2,1-2H3. The molecule has 0 saturated heterocycles. The van der Waals surface area contributed by atoms with Crippen molar-refractivity contribution in [1.29, 1.82) is 0 Å². The molecular weight excluding hydrogens is 213 g/mol. The van der Waals surface area contributed by atoms with E-state index in [1.165, 1.54) is 39.0 Å². The van der Waals surface area contributed by atoms with Gasteiger partial charge in [-0.05, 0) is 6.42 Å². The highest BCUT2D eigenvalue weighted by molar-refractivity contribution is 4.62. The van der Waals surface area contributed by atoms with Crippen molar-refractivity contribution >= 4 is 0 Å². The van der Waals surface area contributed by atoms with E-state index in [0.717, 1.165) is 12.8 Å². The fraction of sp³-hybridized carbons (Fsp3) is 1.00. The van der Waals surface area contributed by atoms with Gasteiger partial charge in [0.15, 0.2) is 0 Å². The van der Waals surface area contributed by atoms with Gasteiger partial charge in [0.25, 0.3) is 0 Å². The van der Waals surface area contributed by atoms with E-state index in [9.17, 15) is 13.2 Å². The maximum Gasteiger partial charge on any atom is 0.391 e. The summed E-state index contributed by atoms with van der Waals surface area (Å²) >= 11 is 0. The third-order valence-electron chi connectivity index (χ3n) is 3.05. The molecule has 0 rings (SSSR count).